The molecule has 1 aromatic rings. The molecule has 0 bridgehead atoms. The highest BCUT2D eigenvalue weighted by atomic mass is 79.9. The van der Waals surface area contributed by atoms with Gasteiger partial charge in [-0.2, -0.15) is 0 Å². The molecule has 0 aliphatic heterocycles. The zero-order valence-electron chi connectivity index (χ0n) is 10.6. The van der Waals surface area contributed by atoms with Crippen LogP contribution in [0.4, 0.5) is 5.69 Å². The molecule has 0 N–H and O–H groups in total. The fourth-order valence-electron chi connectivity index (χ4n) is 1.64. The molecule has 0 atom stereocenters. The third-order valence-electron chi connectivity index (χ3n) is 2.44. The van der Waals surface area contributed by atoms with Gasteiger partial charge in [0.15, 0.2) is 0 Å². The monoisotopic (exact) mass is 331 g/mol. The lowest BCUT2D eigenvalue weighted by molar-refractivity contribution is -0.385. The summed E-state index contributed by atoms with van der Waals surface area (Å²) in [6.07, 6.45) is -0.185. The first kappa shape index (κ1) is 15.4. The van der Waals surface area contributed by atoms with Crippen LogP contribution in [0.2, 0.25) is 0 Å². The van der Waals surface area contributed by atoms with Gasteiger partial charge in [-0.1, -0.05) is 15.9 Å². The number of nitrogens with zero attached hydrogens (tertiary/aromatic N) is 1. The van der Waals surface area contributed by atoms with Crippen molar-refractivity contribution in [2.24, 2.45) is 0 Å². The Morgan fingerprint density at radius 3 is 2.63 bits per heavy atom. The highest BCUT2D eigenvalue weighted by molar-refractivity contribution is 9.08. The van der Waals surface area contributed by atoms with Gasteiger partial charge in [0.25, 0.3) is 5.69 Å². The topological polar surface area (TPSA) is 78.7 Å². The van der Waals surface area contributed by atoms with E-state index in [2.05, 4.69) is 15.9 Å². The first-order valence-corrected chi connectivity index (χ1v) is 6.71. The average molecular weight is 332 g/mol. The number of hydrogen-bond acceptors (Lipinski definition) is 5. The molecule has 0 spiro atoms. The molecule has 0 radical (unpaired) electrons. The molecule has 0 saturated heterocycles. The highest BCUT2D eigenvalue weighted by Gasteiger charge is 2.23. The van der Waals surface area contributed by atoms with Gasteiger partial charge in [0.05, 0.1) is 30.6 Å². The van der Waals surface area contributed by atoms with Gasteiger partial charge in [-0.05, 0) is 18.6 Å². The Bertz CT molecular complexity index is 489. The zero-order valence-corrected chi connectivity index (χ0v) is 12.2. The van der Waals surface area contributed by atoms with E-state index in [1.165, 1.54) is 13.2 Å². The number of alkyl halides is 1. The van der Waals surface area contributed by atoms with Crippen molar-refractivity contribution in [3.63, 3.8) is 0 Å². The van der Waals surface area contributed by atoms with Gasteiger partial charge in [0.2, 0.25) is 0 Å². The third kappa shape index (κ3) is 3.92. The van der Waals surface area contributed by atoms with E-state index in [0.717, 1.165) is 0 Å². The van der Waals surface area contributed by atoms with Crippen molar-refractivity contribution >= 4 is 27.6 Å². The van der Waals surface area contributed by atoms with Crippen LogP contribution in [0.1, 0.15) is 18.1 Å². The third-order valence-corrected chi connectivity index (χ3v) is 3.09. The van der Waals surface area contributed by atoms with E-state index >= 15 is 0 Å². The first-order valence-electron chi connectivity index (χ1n) is 5.59. The molecule has 0 saturated carbocycles. The number of carbonyl (C=O) groups is 1. The molecule has 1 rings (SSSR count). The Balaban J connectivity index is 3.25. The Labute approximate surface area is 119 Å². The van der Waals surface area contributed by atoms with E-state index in [1.54, 1.807) is 13.0 Å². The largest absolute Gasteiger partial charge is 0.496 e. The van der Waals surface area contributed by atoms with E-state index in [4.69, 9.17) is 9.47 Å². The predicted molar refractivity (Wildman–Crippen MR) is 72.6 cm³/mol. The number of nitro groups is 1. The first-order chi connectivity index (χ1) is 9.03. The molecule has 1 aromatic carbocycles. The Morgan fingerprint density at radius 2 is 2.16 bits per heavy atom. The van der Waals surface area contributed by atoms with Crippen molar-refractivity contribution in [1.29, 1.82) is 0 Å². The molecule has 0 heterocycles. The van der Waals surface area contributed by atoms with Crippen LogP contribution in [0.5, 0.6) is 5.75 Å². The molecule has 19 heavy (non-hydrogen) atoms. The van der Waals surface area contributed by atoms with Gasteiger partial charge in [0, 0.05) is 11.4 Å². The maximum Gasteiger partial charge on any atom is 0.310 e. The average Bonchev–Trinajstić information content (AvgIpc) is 2.38. The Kier molecular flexibility index (Phi) is 5.75. The lowest BCUT2D eigenvalue weighted by atomic mass is 10.1. The van der Waals surface area contributed by atoms with Gasteiger partial charge < -0.3 is 9.47 Å². The summed E-state index contributed by atoms with van der Waals surface area (Å²) in [6, 6.07) is 3.09. The van der Waals surface area contributed by atoms with Crippen LogP contribution in [-0.2, 0) is 21.3 Å². The minimum atomic E-state index is -0.525. The van der Waals surface area contributed by atoms with Crippen LogP contribution >= 0.6 is 15.9 Å². The lowest BCUT2D eigenvalue weighted by Gasteiger charge is -2.10. The molecule has 7 heteroatoms. The van der Waals surface area contributed by atoms with Crippen molar-refractivity contribution in [3.8, 4) is 5.75 Å². The number of halogens is 1. The van der Waals surface area contributed by atoms with Gasteiger partial charge >= 0.3 is 5.97 Å². The summed E-state index contributed by atoms with van der Waals surface area (Å²) in [5.74, 6) is -0.202. The number of carbonyl (C=O) groups excluding carboxylic acids is 1. The summed E-state index contributed by atoms with van der Waals surface area (Å²) in [7, 11) is 1.41. The van der Waals surface area contributed by atoms with Crippen LogP contribution < -0.4 is 4.74 Å². The molecule has 6 nitrogen and oxygen atoms in total. The second kappa shape index (κ2) is 7.08. The SMILES string of the molecule is CCOC(=O)Cc1c(OC)cc(CBr)cc1[N+](=O)[O-]. The molecule has 104 valence electrons. The van der Waals surface area contributed by atoms with E-state index in [1.807, 2.05) is 0 Å². The van der Waals surface area contributed by atoms with E-state index in [9.17, 15) is 14.9 Å². The summed E-state index contributed by atoms with van der Waals surface area (Å²) in [6.45, 7) is 1.91. The van der Waals surface area contributed by atoms with Gasteiger partial charge in [0.1, 0.15) is 5.75 Å². The zero-order chi connectivity index (χ0) is 14.4. The van der Waals surface area contributed by atoms with Crippen molar-refractivity contribution < 1.29 is 19.2 Å². The van der Waals surface area contributed by atoms with E-state index in [0.29, 0.717) is 16.6 Å². The number of benzene rings is 1. The Morgan fingerprint density at radius 1 is 1.47 bits per heavy atom. The highest BCUT2D eigenvalue weighted by Crippen LogP contribution is 2.32. The van der Waals surface area contributed by atoms with Crippen LogP contribution in [0.25, 0.3) is 0 Å². The summed E-state index contributed by atoms with van der Waals surface area (Å²) in [5, 5.41) is 11.5. The number of hydrogen-bond donors (Lipinski definition) is 0. The molecular formula is C12H14BrNO5. The van der Waals surface area contributed by atoms with Gasteiger partial charge in [-0.25, -0.2) is 0 Å². The van der Waals surface area contributed by atoms with Crippen molar-refractivity contribution in [2.45, 2.75) is 18.7 Å². The molecule has 0 amide bonds. The summed E-state index contributed by atoms with van der Waals surface area (Å²) >= 11 is 3.23. The normalized spacial score (nSPS) is 10.1. The standard InChI is InChI=1S/C12H14BrNO5/c1-3-19-12(15)6-9-10(14(16)17)4-8(7-13)5-11(9)18-2/h4-5H,3,6-7H2,1-2H3. The number of rotatable bonds is 6. The number of nitro benzene ring substituents is 1. The van der Waals surface area contributed by atoms with E-state index in [-0.39, 0.29) is 24.3 Å². The molecular weight excluding hydrogens is 318 g/mol. The van der Waals surface area contributed by atoms with Crippen molar-refractivity contribution in [1.82, 2.24) is 0 Å². The maximum atomic E-state index is 11.5. The maximum absolute atomic E-state index is 11.5. The lowest BCUT2D eigenvalue weighted by Crippen LogP contribution is -2.10. The second-order valence-electron chi connectivity index (χ2n) is 3.67. The van der Waals surface area contributed by atoms with Crippen molar-refractivity contribution in [2.75, 3.05) is 13.7 Å². The summed E-state index contributed by atoms with van der Waals surface area (Å²) in [5.41, 5.74) is 0.800. The van der Waals surface area contributed by atoms with Gasteiger partial charge in [-0.15, -0.1) is 0 Å². The molecule has 0 unspecified atom stereocenters. The summed E-state index contributed by atoms with van der Waals surface area (Å²) < 4.78 is 9.93. The van der Waals surface area contributed by atoms with Crippen LogP contribution in [0.15, 0.2) is 12.1 Å². The van der Waals surface area contributed by atoms with Crippen LogP contribution in [-0.4, -0.2) is 24.6 Å². The minimum absolute atomic E-state index is 0.137. The van der Waals surface area contributed by atoms with Crippen LogP contribution in [0, 0.1) is 10.1 Å². The fraction of sp³-hybridized carbons (Fsp3) is 0.417. The Hall–Kier alpha value is -1.63. The number of methoxy groups -OCH3 is 1. The smallest absolute Gasteiger partial charge is 0.310 e. The van der Waals surface area contributed by atoms with E-state index < -0.39 is 10.9 Å². The van der Waals surface area contributed by atoms with Crippen LogP contribution in [0.3, 0.4) is 0 Å². The second-order valence-corrected chi connectivity index (χ2v) is 4.23. The quantitative estimate of drug-likeness (QED) is 0.346. The minimum Gasteiger partial charge on any atom is -0.496 e. The number of esters is 1. The molecule has 0 fully saturated rings. The van der Waals surface area contributed by atoms with Gasteiger partial charge in [-0.3, -0.25) is 14.9 Å². The van der Waals surface area contributed by atoms with Crippen molar-refractivity contribution in [3.05, 3.63) is 33.4 Å². The fourth-order valence-corrected chi connectivity index (χ4v) is 1.97. The predicted octanol–water partition coefficient (Wildman–Crippen LogP) is 2.60. The number of ether oxygens (including phenoxy) is 2. The molecule has 0 aromatic heterocycles. The summed E-state index contributed by atoms with van der Waals surface area (Å²) in [4.78, 5) is 22.1. The molecule has 0 aliphatic carbocycles. The molecule has 0 aliphatic rings.